The largest absolute Gasteiger partial charge is 0.490 e. The molecule has 0 fully saturated rings. The zero-order valence-electron chi connectivity index (χ0n) is 15.6. The van der Waals surface area contributed by atoms with E-state index in [2.05, 4.69) is 6.07 Å². The Hall–Kier alpha value is -3.22. The molecule has 0 saturated carbocycles. The Balaban J connectivity index is 1.71. The Labute approximate surface area is 170 Å². The van der Waals surface area contributed by atoms with Crippen LogP contribution >= 0.6 is 11.6 Å². The number of hydrogen-bond donors (Lipinski definition) is 0. The van der Waals surface area contributed by atoms with E-state index < -0.39 is 0 Å². The lowest BCUT2D eigenvalue weighted by Gasteiger charge is -2.11. The molecule has 3 rings (SSSR count). The third-order valence-corrected chi connectivity index (χ3v) is 4.34. The van der Waals surface area contributed by atoms with E-state index in [-0.39, 0.29) is 0 Å². The highest BCUT2D eigenvalue weighted by molar-refractivity contribution is 6.30. The Morgan fingerprint density at radius 3 is 2.39 bits per heavy atom. The summed E-state index contributed by atoms with van der Waals surface area (Å²) < 4.78 is 11.6. The SMILES string of the molecule is Cc1ccc(OCCOc2ccc(Cl)cc2/C=C(\C#N)c2ccccc2)cc1. The van der Waals surface area contributed by atoms with Crippen LogP contribution in [0.5, 0.6) is 11.5 Å². The second kappa shape index (κ2) is 9.64. The number of nitrogens with zero attached hydrogens (tertiary/aromatic N) is 1. The van der Waals surface area contributed by atoms with E-state index >= 15 is 0 Å². The van der Waals surface area contributed by atoms with Crippen LogP contribution in [-0.2, 0) is 0 Å². The molecule has 0 aliphatic heterocycles. The van der Waals surface area contributed by atoms with E-state index in [1.165, 1.54) is 5.56 Å². The molecule has 28 heavy (non-hydrogen) atoms. The van der Waals surface area contributed by atoms with Crippen molar-refractivity contribution >= 4 is 23.3 Å². The number of allylic oxidation sites excluding steroid dienone is 1. The molecule has 140 valence electrons. The Bertz CT molecular complexity index is 989. The van der Waals surface area contributed by atoms with Gasteiger partial charge in [0, 0.05) is 10.6 Å². The van der Waals surface area contributed by atoms with Crippen LogP contribution in [0.2, 0.25) is 5.02 Å². The first-order chi connectivity index (χ1) is 13.7. The van der Waals surface area contributed by atoms with E-state index in [9.17, 15) is 5.26 Å². The molecule has 0 aliphatic carbocycles. The van der Waals surface area contributed by atoms with Gasteiger partial charge in [0.15, 0.2) is 0 Å². The van der Waals surface area contributed by atoms with E-state index in [0.29, 0.717) is 29.6 Å². The minimum atomic E-state index is 0.379. The summed E-state index contributed by atoms with van der Waals surface area (Å²) in [6.45, 7) is 2.83. The standard InChI is InChI=1S/C24H20ClNO2/c1-18-7-10-23(11-8-18)27-13-14-28-24-12-9-22(25)16-20(24)15-21(17-26)19-5-3-2-4-6-19/h2-12,15-16H,13-14H2,1H3/b21-15+. The van der Waals surface area contributed by atoms with Crippen LogP contribution in [0.1, 0.15) is 16.7 Å². The van der Waals surface area contributed by atoms with Crippen molar-refractivity contribution in [3.63, 3.8) is 0 Å². The molecule has 3 nitrogen and oxygen atoms in total. The van der Waals surface area contributed by atoms with Crippen molar-refractivity contribution in [2.75, 3.05) is 13.2 Å². The molecular formula is C24H20ClNO2. The average molecular weight is 390 g/mol. The van der Waals surface area contributed by atoms with Gasteiger partial charge < -0.3 is 9.47 Å². The highest BCUT2D eigenvalue weighted by atomic mass is 35.5. The van der Waals surface area contributed by atoms with E-state index in [4.69, 9.17) is 21.1 Å². The molecule has 3 aromatic carbocycles. The normalized spacial score (nSPS) is 11.0. The smallest absolute Gasteiger partial charge is 0.126 e. The summed E-state index contributed by atoms with van der Waals surface area (Å²) in [6, 6.07) is 25.0. The Morgan fingerprint density at radius 2 is 1.68 bits per heavy atom. The van der Waals surface area contributed by atoms with Gasteiger partial charge in [0.2, 0.25) is 0 Å². The maximum atomic E-state index is 9.55. The van der Waals surface area contributed by atoms with Crippen LogP contribution in [-0.4, -0.2) is 13.2 Å². The fraction of sp³-hybridized carbons (Fsp3) is 0.125. The first kappa shape index (κ1) is 19.5. The van der Waals surface area contributed by atoms with Crippen molar-refractivity contribution in [3.05, 3.63) is 94.5 Å². The molecule has 0 spiro atoms. The molecule has 0 atom stereocenters. The summed E-state index contributed by atoms with van der Waals surface area (Å²) in [5, 5.41) is 10.1. The molecule has 0 N–H and O–H groups in total. The number of hydrogen-bond acceptors (Lipinski definition) is 3. The molecule has 3 aromatic rings. The molecule has 0 bridgehead atoms. The third kappa shape index (κ3) is 5.39. The predicted octanol–water partition coefficient (Wildman–Crippen LogP) is 6.17. The maximum Gasteiger partial charge on any atom is 0.126 e. The van der Waals surface area contributed by atoms with E-state index in [0.717, 1.165) is 16.9 Å². The Morgan fingerprint density at radius 1 is 0.964 bits per heavy atom. The fourth-order valence-electron chi connectivity index (χ4n) is 2.66. The van der Waals surface area contributed by atoms with Crippen LogP contribution in [0.15, 0.2) is 72.8 Å². The molecule has 0 saturated heterocycles. The van der Waals surface area contributed by atoms with Crippen molar-refractivity contribution in [2.24, 2.45) is 0 Å². The molecule has 4 heteroatoms. The second-order valence-corrected chi connectivity index (χ2v) is 6.66. The van der Waals surface area contributed by atoms with Gasteiger partial charge in [-0.15, -0.1) is 0 Å². The van der Waals surface area contributed by atoms with Gasteiger partial charge in [-0.2, -0.15) is 5.26 Å². The lowest BCUT2D eigenvalue weighted by molar-refractivity contribution is 0.217. The van der Waals surface area contributed by atoms with Gasteiger partial charge in [0.25, 0.3) is 0 Å². The highest BCUT2D eigenvalue weighted by Gasteiger charge is 2.07. The van der Waals surface area contributed by atoms with Gasteiger partial charge in [0.1, 0.15) is 24.7 Å². The van der Waals surface area contributed by atoms with Crippen LogP contribution < -0.4 is 9.47 Å². The first-order valence-corrected chi connectivity index (χ1v) is 9.32. The van der Waals surface area contributed by atoms with Crippen molar-refractivity contribution in [1.82, 2.24) is 0 Å². The number of aryl methyl sites for hydroxylation is 1. The van der Waals surface area contributed by atoms with E-state index in [1.807, 2.05) is 61.5 Å². The minimum absolute atomic E-state index is 0.379. The summed E-state index contributed by atoms with van der Waals surface area (Å²) in [6.07, 6.45) is 1.79. The summed E-state index contributed by atoms with van der Waals surface area (Å²) in [5.74, 6) is 1.46. The van der Waals surface area contributed by atoms with Gasteiger partial charge in [-0.3, -0.25) is 0 Å². The quantitative estimate of drug-likeness (QED) is 0.275. The van der Waals surface area contributed by atoms with E-state index in [1.54, 1.807) is 24.3 Å². The molecule has 0 radical (unpaired) electrons. The van der Waals surface area contributed by atoms with Crippen molar-refractivity contribution in [1.29, 1.82) is 5.26 Å². The van der Waals surface area contributed by atoms with Gasteiger partial charge >= 0.3 is 0 Å². The molecule has 0 aromatic heterocycles. The third-order valence-electron chi connectivity index (χ3n) is 4.11. The zero-order chi connectivity index (χ0) is 19.8. The minimum Gasteiger partial charge on any atom is -0.490 e. The van der Waals surface area contributed by atoms with Crippen molar-refractivity contribution < 1.29 is 9.47 Å². The topological polar surface area (TPSA) is 42.2 Å². The number of nitriles is 1. The van der Waals surface area contributed by atoms with Gasteiger partial charge in [-0.05, 0) is 48.9 Å². The number of rotatable bonds is 7. The monoisotopic (exact) mass is 389 g/mol. The zero-order valence-corrected chi connectivity index (χ0v) is 16.3. The van der Waals surface area contributed by atoms with Crippen LogP contribution in [0.4, 0.5) is 0 Å². The molecule has 0 unspecified atom stereocenters. The molecular weight excluding hydrogens is 370 g/mol. The average Bonchev–Trinajstić information content (AvgIpc) is 2.72. The van der Waals surface area contributed by atoms with Gasteiger partial charge in [-0.1, -0.05) is 59.6 Å². The van der Waals surface area contributed by atoms with Crippen LogP contribution in [0.3, 0.4) is 0 Å². The highest BCUT2D eigenvalue weighted by Crippen LogP contribution is 2.27. The second-order valence-electron chi connectivity index (χ2n) is 6.23. The summed E-state index contributed by atoms with van der Waals surface area (Å²) in [7, 11) is 0. The Kier molecular flexibility index (Phi) is 6.73. The van der Waals surface area contributed by atoms with Crippen LogP contribution in [0, 0.1) is 18.3 Å². The molecule has 0 heterocycles. The van der Waals surface area contributed by atoms with Crippen molar-refractivity contribution in [2.45, 2.75) is 6.92 Å². The van der Waals surface area contributed by atoms with Crippen LogP contribution in [0.25, 0.3) is 11.6 Å². The lowest BCUT2D eigenvalue weighted by atomic mass is 10.0. The van der Waals surface area contributed by atoms with Crippen molar-refractivity contribution in [3.8, 4) is 17.6 Å². The van der Waals surface area contributed by atoms with Gasteiger partial charge in [-0.25, -0.2) is 0 Å². The summed E-state index contributed by atoms with van der Waals surface area (Å²) in [5.41, 5.74) is 3.33. The lowest BCUT2D eigenvalue weighted by Crippen LogP contribution is -2.09. The van der Waals surface area contributed by atoms with Gasteiger partial charge in [0.05, 0.1) is 11.6 Å². The maximum absolute atomic E-state index is 9.55. The first-order valence-electron chi connectivity index (χ1n) is 8.95. The summed E-state index contributed by atoms with van der Waals surface area (Å²) >= 11 is 6.15. The fourth-order valence-corrected chi connectivity index (χ4v) is 2.84. The molecule has 0 aliphatic rings. The molecule has 0 amide bonds. The number of halogens is 1. The number of benzene rings is 3. The number of ether oxygens (including phenoxy) is 2. The predicted molar refractivity (Wildman–Crippen MR) is 114 cm³/mol. The summed E-state index contributed by atoms with van der Waals surface area (Å²) in [4.78, 5) is 0.